The van der Waals surface area contributed by atoms with Crippen LogP contribution in [0.4, 0.5) is 0 Å². The number of hydrogen-bond acceptors (Lipinski definition) is 13. The van der Waals surface area contributed by atoms with Crippen molar-refractivity contribution in [2.45, 2.75) is 192 Å². The third-order valence-corrected chi connectivity index (χ3v) is 13.4. The molecule has 2 N–H and O–H groups in total. The molecule has 2 fully saturated rings. The van der Waals surface area contributed by atoms with Crippen LogP contribution in [0.15, 0.2) is 0 Å². The van der Waals surface area contributed by atoms with E-state index in [0.29, 0.717) is 0 Å². The molecule has 318 valence electrons. The van der Waals surface area contributed by atoms with E-state index in [0.717, 1.165) is 0 Å². The molecule has 54 heavy (non-hydrogen) atoms. The van der Waals surface area contributed by atoms with Crippen molar-refractivity contribution in [3.63, 3.8) is 0 Å². The Labute approximate surface area is 331 Å². The molecule has 0 saturated carbocycles. The average Bonchev–Trinajstić information content (AvgIpc) is 2.93. The summed E-state index contributed by atoms with van der Waals surface area (Å²) in [5.41, 5.74) is 0. The Bertz CT molecular complexity index is 1200. The summed E-state index contributed by atoms with van der Waals surface area (Å²) in [6.45, 7) is 36.9. The minimum atomic E-state index is -2.35. The highest BCUT2D eigenvalue weighted by Gasteiger charge is 2.57. The number of hydrogen-bond donors (Lipinski definition) is 2. The monoisotopic (exact) mass is 874 g/mol. The van der Waals surface area contributed by atoms with Crippen LogP contribution in [0, 0.1) is 0 Å². The van der Waals surface area contributed by atoms with Gasteiger partial charge in [0.25, 0.3) is 0 Å². The highest BCUT2D eigenvalue weighted by atomic mass is 28.4. The summed E-state index contributed by atoms with van der Waals surface area (Å²) in [7, 11) is -13.7. The number of aliphatic carboxylic acids is 1. The predicted molar refractivity (Wildman–Crippen MR) is 223 cm³/mol. The van der Waals surface area contributed by atoms with Crippen LogP contribution in [-0.4, -0.2) is 147 Å². The average molecular weight is 875 g/mol. The number of carboxylic acid groups (broad SMARTS) is 1. The minimum absolute atomic E-state index is 0.230. The van der Waals surface area contributed by atoms with Gasteiger partial charge in [0.05, 0.1) is 19.4 Å². The topological polar surface area (TPSA) is 167 Å². The second-order valence-electron chi connectivity index (χ2n) is 20.2. The summed E-state index contributed by atoms with van der Waals surface area (Å²) in [6.07, 6.45) is -8.73. The van der Waals surface area contributed by atoms with Crippen molar-refractivity contribution in [2.24, 2.45) is 0 Å². The molecule has 0 spiro atoms. The van der Waals surface area contributed by atoms with Crippen LogP contribution in [0.5, 0.6) is 0 Å². The zero-order valence-electron chi connectivity index (χ0n) is 36.4. The first-order valence-corrected chi connectivity index (χ1v) is 39.6. The molecule has 2 aliphatic heterocycles. The van der Waals surface area contributed by atoms with Crippen molar-refractivity contribution in [3.05, 3.63) is 0 Å². The van der Waals surface area contributed by atoms with Crippen LogP contribution >= 0.6 is 0 Å². The Kier molecular flexibility index (Phi) is 17.8. The summed E-state index contributed by atoms with van der Waals surface area (Å²) in [5, 5.41) is 19.9. The van der Waals surface area contributed by atoms with E-state index < -0.39 is 123 Å². The fraction of sp³-hybridized carbons (Fsp3) is 0.941. The van der Waals surface area contributed by atoms with Crippen LogP contribution in [0.1, 0.15) is 12.8 Å². The SMILES string of the molecule is C[Si](C)(C)O[C@@H]1[C@@H](O[Si](C)(C)C)[C@@H](O[C@H]2O[C@H](COC(=O)CCC(=O)O)[C@@H](O[Si](C)(C)C)[C@H](O[Si](C)(C)C)[C@H]2O[Si](C)(C)C)O[C@H](CO)[C@H]1O[Si](C)(C)C. The van der Waals surface area contributed by atoms with Crippen LogP contribution in [-0.2, 0) is 55.1 Å². The zero-order chi connectivity index (χ0) is 41.8. The van der Waals surface area contributed by atoms with E-state index in [-0.39, 0.29) is 26.1 Å². The van der Waals surface area contributed by atoms with Gasteiger partial charge < -0.3 is 55.7 Å². The molecular formula is C34H74O14Si6. The summed E-state index contributed by atoms with van der Waals surface area (Å²) in [6, 6.07) is 0. The Balaban J connectivity index is 2.79. The lowest BCUT2D eigenvalue weighted by atomic mass is 9.98. The number of carbonyl (C=O) groups excluding carboxylic acids is 1. The van der Waals surface area contributed by atoms with Gasteiger partial charge in [-0.15, -0.1) is 0 Å². The molecule has 0 bridgehead atoms. The number of rotatable bonds is 20. The van der Waals surface area contributed by atoms with Crippen molar-refractivity contribution >= 4 is 61.8 Å². The number of aliphatic hydroxyl groups is 1. The van der Waals surface area contributed by atoms with Crippen LogP contribution in [0.3, 0.4) is 0 Å². The maximum atomic E-state index is 12.7. The molecule has 20 heteroatoms. The third kappa shape index (κ3) is 18.2. The van der Waals surface area contributed by atoms with Gasteiger partial charge in [-0.1, -0.05) is 0 Å². The quantitative estimate of drug-likeness (QED) is 0.105. The number of ether oxygens (including phenoxy) is 4. The molecule has 2 aliphatic rings. The van der Waals surface area contributed by atoms with Crippen molar-refractivity contribution in [3.8, 4) is 0 Å². The first kappa shape index (κ1) is 50.0. The van der Waals surface area contributed by atoms with E-state index in [9.17, 15) is 14.7 Å². The molecular weight excluding hydrogens is 801 g/mol. The molecule has 14 nitrogen and oxygen atoms in total. The molecule has 0 aromatic carbocycles. The lowest BCUT2D eigenvalue weighted by Gasteiger charge is -2.53. The third-order valence-electron chi connectivity index (χ3n) is 7.52. The van der Waals surface area contributed by atoms with Gasteiger partial charge in [-0.05, 0) is 118 Å². The van der Waals surface area contributed by atoms with Crippen molar-refractivity contribution in [1.29, 1.82) is 0 Å². The number of esters is 1. The van der Waals surface area contributed by atoms with Crippen LogP contribution in [0.2, 0.25) is 118 Å². The van der Waals surface area contributed by atoms with Gasteiger partial charge in [0, 0.05) is 0 Å². The summed E-state index contributed by atoms with van der Waals surface area (Å²) in [4.78, 5) is 23.9. The van der Waals surface area contributed by atoms with Gasteiger partial charge in [-0.2, -0.15) is 0 Å². The summed E-state index contributed by atoms with van der Waals surface area (Å²) >= 11 is 0. The maximum absolute atomic E-state index is 12.7. The van der Waals surface area contributed by atoms with Gasteiger partial charge in [0.1, 0.15) is 55.4 Å². The lowest BCUT2D eigenvalue weighted by molar-refractivity contribution is -0.368. The largest absolute Gasteiger partial charge is 0.481 e. The van der Waals surface area contributed by atoms with Crippen molar-refractivity contribution < 1.29 is 65.3 Å². The molecule has 2 rings (SSSR count). The fourth-order valence-electron chi connectivity index (χ4n) is 6.10. The highest BCUT2D eigenvalue weighted by molar-refractivity contribution is 6.71. The van der Waals surface area contributed by atoms with Crippen LogP contribution in [0.25, 0.3) is 0 Å². The molecule has 0 amide bonds. The van der Waals surface area contributed by atoms with E-state index in [2.05, 4.69) is 118 Å². The molecule has 2 saturated heterocycles. The Morgan fingerprint density at radius 1 is 0.481 bits per heavy atom. The number of carbonyl (C=O) groups is 2. The molecule has 0 aromatic heterocycles. The van der Waals surface area contributed by atoms with Crippen molar-refractivity contribution in [1.82, 2.24) is 0 Å². The summed E-state index contributed by atoms with van der Waals surface area (Å²) < 4.78 is 67.2. The normalized spacial score (nSPS) is 30.6. The molecule has 10 atom stereocenters. The molecule has 0 aromatic rings. The zero-order valence-corrected chi connectivity index (χ0v) is 42.4. The van der Waals surface area contributed by atoms with E-state index >= 15 is 0 Å². The van der Waals surface area contributed by atoms with Crippen molar-refractivity contribution in [2.75, 3.05) is 13.2 Å². The second kappa shape index (κ2) is 19.3. The van der Waals surface area contributed by atoms with E-state index in [4.69, 9.17) is 50.6 Å². The number of aliphatic hydroxyl groups excluding tert-OH is 1. The Hall–Kier alpha value is -0.159. The van der Waals surface area contributed by atoms with E-state index in [1.165, 1.54) is 0 Å². The Morgan fingerprint density at radius 2 is 0.796 bits per heavy atom. The maximum Gasteiger partial charge on any atom is 0.306 e. The lowest BCUT2D eigenvalue weighted by Crippen LogP contribution is -2.69. The van der Waals surface area contributed by atoms with Gasteiger partial charge in [-0.3, -0.25) is 9.59 Å². The van der Waals surface area contributed by atoms with Gasteiger partial charge in [0.15, 0.2) is 62.5 Å². The molecule has 0 unspecified atom stereocenters. The summed E-state index contributed by atoms with van der Waals surface area (Å²) in [5.74, 6) is -1.76. The van der Waals surface area contributed by atoms with Gasteiger partial charge in [-0.25, -0.2) is 0 Å². The first-order valence-electron chi connectivity index (χ1n) is 19.2. The fourth-order valence-corrected chi connectivity index (χ4v) is 12.6. The smallest absolute Gasteiger partial charge is 0.306 e. The highest BCUT2D eigenvalue weighted by Crippen LogP contribution is 2.39. The molecule has 2 heterocycles. The standard InChI is InChI=1S/C34H74O14Si6/c1-49(2,3)43-27-23(21-35)40-33(31(47-53(13,14)15)29(27)45-51(7,8)9)42-34-32(48-54(16,17)18)30(46-52(10,11)12)28(44-50(4,5)6)24(41-34)22-39-26(38)20-19-25(36)37/h23-24,27-35H,19-22H2,1-18H3,(H,36,37)/t23-,24-,27-,28-,29+,30+,31-,32-,33-,34-/m1/s1. The van der Waals surface area contributed by atoms with Gasteiger partial charge >= 0.3 is 11.9 Å². The second-order valence-corrected chi connectivity index (χ2v) is 46.9. The minimum Gasteiger partial charge on any atom is -0.481 e. The van der Waals surface area contributed by atoms with Crippen LogP contribution < -0.4 is 0 Å². The van der Waals surface area contributed by atoms with Gasteiger partial charge in [0.2, 0.25) is 0 Å². The predicted octanol–water partition coefficient (Wildman–Crippen LogP) is 6.17. The molecule has 0 radical (unpaired) electrons. The van der Waals surface area contributed by atoms with E-state index in [1.807, 2.05) is 0 Å². The first-order chi connectivity index (χ1) is 24.2. The number of carboxylic acids is 1. The Morgan fingerprint density at radius 3 is 1.13 bits per heavy atom. The molecule has 0 aliphatic carbocycles. The van der Waals surface area contributed by atoms with E-state index in [1.54, 1.807) is 0 Å².